The Hall–Kier alpha value is -1.10. The van der Waals surface area contributed by atoms with E-state index in [4.69, 9.17) is 11.6 Å². The van der Waals surface area contributed by atoms with Crippen LogP contribution in [0.5, 0.6) is 0 Å². The molecule has 2 aliphatic rings. The van der Waals surface area contributed by atoms with Gasteiger partial charge in [0.1, 0.15) is 0 Å². The first kappa shape index (κ1) is 15.8. The molecule has 1 aliphatic carbocycles. The number of hydrogen-bond donors (Lipinski definition) is 2. The Morgan fingerprint density at radius 1 is 1.27 bits per heavy atom. The number of hydrogen-bond acceptors (Lipinski definition) is 3. The van der Waals surface area contributed by atoms with E-state index in [1.807, 2.05) is 18.2 Å². The Morgan fingerprint density at radius 2 is 1.95 bits per heavy atom. The molecule has 1 saturated heterocycles. The van der Waals surface area contributed by atoms with Gasteiger partial charge in [-0.3, -0.25) is 4.79 Å². The molecular weight excluding hydrogens is 300 g/mol. The molecule has 0 bridgehead atoms. The van der Waals surface area contributed by atoms with Crippen molar-refractivity contribution in [3.8, 4) is 0 Å². The summed E-state index contributed by atoms with van der Waals surface area (Å²) in [6, 6.07) is 7.73. The second-order valence-electron chi connectivity index (χ2n) is 6.40. The van der Waals surface area contributed by atoms with E-state index < -0.39 is 6.10 Å². The molecule has 0 aromatic heterocycles. The molecule has 5 heteroatoms. The first-order valence-corrected chi connectivity index (χ1v) is 8.46. The number of benzene rings is 1. The van der Waals surface area contributed by atoms with Crippen molar-refractivity contribution in [1.82, 2.24) is 10.2 Å². The van der Waals surface area contributed by atoms with Crippen molar-refractivity contribution in [2.24, 2.45) is 5.92 Å². The zero-order valence-corrected chi connectivity index (χ0v) is 13.4. The maximum absolute atomic E-state index is 11.8. The lowest BCUT2D eigenvalue weighted by Gasteiger charge is -2.33. The summed E-state index contributed by atoms with van der Waals surface area (Å²) in [6.45, 7) is 2.39. The average molecular weight is 323 g/mol. The highest BCUT2D eigenvalue weighted by Crippen LogP contribution is 2.29. The Balaban J connectivity index is 1.45. The number of likely N-dealkylation sites (tertiary alicyclic amines) is 1. The smallest absolute Gasteiger partial charge is 0.223 e. The number of nitrogens with zero attached hydrogens (tertiary/aromatic N) is 1. The third-order valence-corrected chi connectivity index (χ3v) is 4.92. The van der Waals surface area contributed by atoms with E-state index in [0.717, 1.165) is 44.3 Å². The highest BCUT2D eigenvalue weighted by molar-refractivity contribution is 6.31. The first-order chi connectivity index (χ1) is 10.6. The van der Waals surface area contributed by atoms with Crippen LogP contribution < -0.4 is 5.32 Å². The number of carbonyl (C=O) groups excluding carboxylic acids is 1. The Bertz CT molecular complexity index is 525. The molecule has 4 nitrogen and oxygen atoms in total. The third kappa shape index (κ3) is 4.00. The predicted molar refractivity (Wildman–Crippen MR) is 86.7 cm³/mol. The summed E-state index contributed by atoms with van der Waals surface area (Å²) < 4.78 is 0. The minimum absolute atomic E-state index is 0.231. The van der Waals surface area contributed by atoms with Gasteiger partial charge in [0.15, 0.2) is 0 Å². The standard InChI is InChI=1S/C17H23ClN2O2/c18-15-4-2-1-3-14(15)16(21)11-20-9-7-13(8-10-20)19-17(22)12-5-6-12/h1-4,12-13,16,21H,5-11H2,(H,19,22)/t16-/m0/s1. The average Bonchev–Trinajstić information content (AvgIpc) is 3.34. The van der Waals surface area contributed by atoms with Gasteiger partial charge in [-0.1, -0.05) is 29.8 Å². The van der Waals surface area contributed by atoms with E-state index in [1.54, 1.807) is 6.07 Å². The number of rotatable bonds is 5. The first-order valence-electron chi connectivity index (χ1n) is 8.08. The molecule has 2 fully saturated rings. The predicted octanol–water partition coefficient (Wildman–Crippen LogP) is 2.36. The van der Waals surface area contributed by atoms with Crippen LogP contribution in [0.1, 0.15) is 37.4 Å². The Morgan fingerprint density at radius 3 is 2.59 bits per heavy atom. The van der Waals surface area contributed by atoms with Gasteiger partial charge in [-0.15, -0.1) is 0 Å². The third-order valence-electron chi connectivity index (χ3n) is 4.58. The van der Waals surface area contributed by atoms with Gasteiger partial charge in [-0.25, -0.2) is 0 Å². The molecule has 1 aliphatic heterocycles. The van der Waals surface area contributed by atoms with E-state index in [-0.39, 0.29) is 11.8 Å². The van der Waals surface area contributed by atoms with E-state index in [2.05, 4.69) is 10.2 Å². The van der Waals surface area contributed by atoms with Crippen LogP contribution in [-0.4, -0.2) is 41.6 Å². The zero-order valence-electron chi connectivity index (χ0n) is 12.7. The van der Waals surface area contributed by atoms with Crippen LogP contribution in [-0.2, 0) is 4.79 Å². The van der Waals surface area contributed by atoms with Crippen LogP contribution in [0.25, 0.3) is 0 Å². The van der Waals surface area contributed by atoms with Gasteiger partial charge in [0.25, 0.3) is 0 Å². The van der Waals surface area contributed by atoms with E-state index in [0.29, 0.717) is 17.6 Å². The van der Waals surface area contributed by atoms with Crippen LogP contribution in [0.2, 0.25) is 5.02 Å². The minimum atomic E-state index is -0.564. The lowest BCUT2D eigenvalue weighted by molar-refractivity contribution is -0.123. The number of amides is 1. The normalized spacial score (nSPS) is 21.5. The van der Waals surface area contributed by atoms with Crippen LogP contribution in [0.15, 0.2) is 24.3 Å². The fourth-order valence-electron chi connectivity index (χ4n) is 3.01. The van der Waals surface area contributed by atoms with E-state index >= 15 is 0 Å². The number of β-amino-alcohol motifs (C(OH)–C–C–N with tert-alkyl or cyclic N) is 1. The fourth-order valence-corrected chi connectivity index (χ4v) is 3.27. The molecule has 1 aromatic carbocycles. The summed E-state index contributed by atoms with van der Waals surface area (Å²) in [5.74, 6) is 0.509. The van der Waals surface area contributed by atoms with Gasteiger partial charge in [-0.05, 0) is 31.7 Å². The second kappa shape index (κ2) is 6.99. The largest absolute Gasteiger partial charge is 0.387 e. The van der Waals surface area contributed by atoms with Crippen molar-refractivity contribution in [1.29, 1.82) is 0 Å². The molecule has 0 unspecified atom stereocenters. The monoisotopic (exact) mass is 322 g/mol. The number of carbonyl (C=O) groups is 1. The summed E-state index contributed by atoms with van der Waals surface area (Å²) in [5.41, 5.74) is 0.785. The van der Waals surface area contributed by atoms with Crippen molar-refractivity contribution in [3.05, 3.63) is 34.9 Å². The molecule has 3 rings (SSSR count). The van der Waals surface area contributed by atoms with Crippen molar-refractivity contribution < 1.29 is 9.90 Å². The van der Waals surface area contributed by atoms with Crippen molar-refractivity contribution in [3.63, 3.8) is 0 Å². The maximum Gasteiger partial charge on any atom is 0.223 e. The summed E-state index contributed by atoms with van der Waals surface area (Å²) in [7, 11) is 0. The second-order valence-corrected chi connectivity index (χ2v) is 6.80. The van der Waals surface area contributed by atoms with Gasteiger partial charge in [0, 0.05) is 42.2 Å². The molecule has 1 atom stereocenters. The molecule has 0 spiro atoms. The molecule has 1 amide bonds. The minimum Gasteiger partial charge on any atom is -0.387 e. The van der Waals surface area contributed by atoms with Gasteiger partial charge in [0.2, 0.25) is 5.91 Å². The molecule has 1 aromatic rings. The van der Waals surface area contributed by atoms with Gasteiger partial charge < -0.3 is 15.3 Å². The van der Waals surface area contributed by atoms with Crippen LogP contribution in [0.3, 0.4) is 0 Å². The molecule has 120 valence electrons. The fraction of sp³-hybridized carbons (Fsp3) is 0.588. The Labute approximate surface area is 136 Å². The highest BCUT2D eigenvalue weighted by Gasteiger charge is 2.32. The number of nitrogens with one attached hydrogen (secondary N) is 1. The summed E-state index contributed by atoms with van der Waals surface area (Å²) in [6.07, 6.45) is 3.44. The van der Waals surface area contributed by atoms with Crippen LogP contribution in [0.4, 0.5) is 0 Å². The topological polar surface area (TPSA) is 52.6 Å². The zero-order chi connectivity index (χ0) is 15.5. The number of halogens is 1. The van der Waals surface area contributed by atoms with Gasteiger partial charge in [-0.2, -0.15) is 0 Å². The van der Waals surface area contributed by atoms with Gasteiger partial charge >= 0.3 is 0 Å². The van der Waals surface area contributed by atoms with Gasteiger partial charge in [0.05, 0.1) is 6.10 Å². The molecule has 0 radical (unpaired) electrons. The number of piperidine rings is 1. The number of aliphatic hydroxyl groups is 1. The molecule has 2 N–H and O–H groups in total. The van der Waals surface area contributed by atoms with Crippen LogP contribution in [0, 0.1) is 5.92 Å². The quantitative estimate of drug-likeness (QED) is 0.875. The molecule has 22 heavy (non-hydrogen) atoms. The Kier molecular flexibility index (Phi) is 5.01. The SMILES string of the molecule is O=C(NC1CCN(C[C@H](O)c2ccccc2Cl)CC1)C1CC1. The lowest BCUT2D eigenvalue weighted by Crippen LogP contribution is -2.46. The highest BCUT2D eigenvalue weighted by atomic mass is 35.5. The van der Waals surface area contributed by atoms with Crippen molar-refractivity contribution >= 4 is 17.5 Å². The lowest BCUT2D eigenvalue weighted by atomic mass is 10.0. The van der Waals surface area contributed by atoms with E-state index in [1.165, 1.54) is 0 Å². The summed E-state index contributed by atoms with van der Waals surface area (Å²) in [5, 5.41) is 14.1. The van der Waals surface area contributed by atoms with E-state index in [9.17, 15) is 9.90 Å². The summed E-state index contributed by atoms with van der Waals surface area (Å²) >= 11 is 6.13. The van der Waals surface area contributed by atoms with Crippen LogP contribution >= 0.6 is 11.6 Å². The molecule has 1 saturated carbocycles. The summed E-state index contributed by atoms with van der Waals surface area (Å²) in [4.78, 5) is 14.0. The molecular formula is C17H23ClN2O2. The maximum atomic E-state index is 11.8. The van der Waals surface area contributed by atoms with Crippen molar-refractivity contribution in [2.75, 3.05) is 19.6 Å². The molecule has 1 heterocycles. The number of aliphatic hydroxyl groups excluding tert-OH is 1. The van der Waals surface area contributed by atoms with Crippen molar-refractivity contribution in [2.45, 2.75) is 37.8 Å².